The van der Waals surface area contributed by atoms with Crippen LogP contribution in [0, 0.1) is 0 Å². The first-order chi connectivity index (χ1) is 10.2. The monoisotopic (exact) mass is 284 g/mol. The molecular weight excluding hydrogens is 268 g/mol. The Morgan fingerprint density at radius 2 is 1.62 bits per heavy atom. The molecule has 0 saturated carbocycles. The molecule has 0 spiro atoms. The minimum absolute atomic E-state index is 0.0623. The predicted molar refractivity (Wildman–Crippen MR) is 78.2 cm³/mol. The van der Waals surface area contributed by atoms with Gasteiger partial charge in [-0.2, -0.15) is 0 Å². The van der Waals surface area contributed by atoms with Gasteiger partial charge in [-0.25, -0.2) is 0 Å². The van der Waals surface area contributed by atoms with Crippen LogP contribution in [0.3, 0.4) is 0 Å². The van der Waals surface area contributed by atoms with E-state index in [0.717, 1.165) is 5.56 Å². The van der Waals surface area contributed by atoms with Crippen LogP contribution in [-0.2, 0) is 16.1 Å². The van der Waals surface area contributed by atoms with E-state index >= 15 is 0 Å². The van der Waals surface area contributed by atoms with Gasteiger partial charge in [0.2, 0.25) is 0 Å². The molecule has 0 fully saturated rings. The Morgan fingerprint density at radius 3 is 2.33 bits per heavy atom. The van der Waals surface area contributed by atoms with E-state index in [4.69, 9.17) is 9.47 Å². The topological polar surface area (TPSA) is 52.6 Å². The molecule has 0 radical (unpaired) electrons. The molecule has 0 bridgehead atoms. The number of carbonyl (C=O) groups excluding carboxylic acids is 2. The van der Waals surface area contributed by atoms with Crippen LogP contribution in [0.5, 0.6) is 5.75 Å². The van der Waals surface area contributed by atoms with E-state index in [1.54, 1.807) is 24.3 Å². The molecule has 2 aromatic carbocycles. The van der Waals surface area contributed by atoms with Crippen molar-refractivity contribution in [1.82, 2.24) is 0 Å². The number of para-hydroxylation sites is 1. The summed E-state index contributed by atoms with van der Waals surface area (Å²) in [4.78, 5) is 23.1. The lowest BCUT2D eigenvalue weighted by molar-refractivity contribution is -0.131. The van der Waals surface area contributed by atoms with Crippen LogP contribution in [0.2, 0.25) is 0 Å². The smallest absolute Gasteiger partial charge is 0.308 e. The molecule has 0 aromatic heterocycles. The summed E-state index contributed by atoms with van der Waals surface area (Å²) in [5.74, 6) is -0.415. The average molecular weight is 284 g/mol. The summed E-state index contributed by atoms with van der Waals surface area (Å²) in [7, 11) is 0. The fraction of sp³-hybridized carbons (Fsp3) is 0.176. The molecule has 0 aliphatic carbocycles. The Bertz CT molecular complexity index is 620. The molecule has 0 heterocycles. The van der Waals surface area contributed by atoms with Crippen LogP contribution < -0.4 is 4.74 Å². The summed E-state index contributed by atoms with van der Waals surface area (Å²) in [6, 6.07) is 16.2. The lowest BCUT2D eigenvalue weighted by Gasteiger charge is -2.08. The lowest BCUT2D eigenvalue weighted by Crippen LogP contribution is -2.12. The lowest BCUT2D eigenvalue weighted by atomic mass is 10.1. The highest BCUT2D eigenvalue weighted by Gasteiger charge is 2.13. The molecule has 4 nitrogen and oxygen atoms in total. The molecule has 0 N–H and O–H groups in total. The van der Waals surface area contributed by atoms with E-state index in [-0.39, 0.29) is 18.1 Å². The summed E-state index contributed by atoms with van der Waals surface area (Å²) in [6.07, 6.45) is 0. The third kappa shape index (κ3) is 4.54. The number of benzene rings is 2. The summed E-state index contributed by atoms with van der Waals surface area (Å²) in [5, 5.41) is 0. The van der Waals surface area contributed by atoms with Crippen molar-refractivity contribution in [3.8, 4) is 5.75 Å². The molecule has 21 heavy (non-hydrogen) atoms. The Kier molecular flexibility index (Phi) is 5.23. The van der Waals surface area contributed by atoms with Gasteiger partial charge in [-0.1, -0.05) is 42.5 Å². The minimum atomic E-state index is -0.458. The predicted octanol–water partition coefficient (Wildman–Crippen LogP) is 3.01. The minimum Gasteiger partial charge on any atom is -0.426 e. The van der Waals surface area contributed by atoms with Crippen molar-refractivity contribution in [2.75, 3.05) is 6.61 Å². The van der Waals surface area contributed by atoms with Gasteiger partial charge in [0.1, 0.15) is 12.4 Å². The van der Waals surface area contributed by atoms with Crippen molar-refractivity contribution in [2.45, 2.75) is 13.5 Å². The molecule has 0 unspecified atom stereocenters. The number of ether oxygens (including phenoxy) is 2. The number of esters is 1. The van der Waals surface area contributed by atoms with Gasteiger partial charge in [-0.3, -0.25) is 9.59 Å². The quantitative estimate of drug-likeness (QED) is 0.465. The van der Waals surface area contributed by atoms with Gasteiger partial charge >= 0.3 is 5.97 Å². The number of hydrogen-bond donors (Lipinski definition) is 0. The van der Waals surface area contributed by atoms with E-state index in [1.807, 2.05) is 30.3 Å². The largest absolute Gasteiger partial charge is 0.426 e. The first kappa shape index (κ1) is 14.9. The van der Waals surface area contributed by atoms with Crippen LogP contribution in [0.1, 0.15) is 22.8 Å². The van der Waals surface area contributed by atoms with Gasteiger partial charge in [-0.15, -0.1) is 0 Å². The van der Waals surface area contributed by atoms with Crippen LogP contribution >= 0.6 is 0 Å². The highest BCUT2D eigenvalue weighted by Crippen LogP contribution is 2.19. The van der Waals surface area contributed by atoms with E-state index in [0.29, 0.717) is 12.2 Å². The van der Waals surface area contributed by atoms with Gasteiger partial charge < -0.3 is 9.47 Å². The summed E-state index contributed by atoms with van der Waals surface area (Å²) in [5.41, 5.74) is 1.35. The number of rotatable bonds is 6. The molecule has 0 saturated heterocycles. The zero-order valence-electron chi connectivity index (χ0n) is 11.7. The maximum atomic E-state index is 12.1. The van der Waals surface area contributed by atoms with Crippen molar-refractivity contribution in [3.63, 3.8) is 0 Å². The second-order valence-electron chi connectivity index (χ2n) is 4.49. The van der Waals surface area contributed by atoms with Crippen LogP contribution in [0.15, 0.2) is 54.6 Å². The molecule has 108 valence electrons. The summed E-state index contributed by atoms with van der Waals surface area (Å²) >= 11 is 0. The Morgan fingerprint density at radius 1 is 0.952 bits per heavy atom. The molecule has 0 aliphatic rings. The zero-order chi connectivity index (χ0) is 15.1. The Balaban J connectivity index is 1.96. The van der Waals surface area contributed by atoms with E-state index in [1.165, 1.54) is 6.92 Å². The van der Waals surface area contributed by atoms with Crippen LogP contribution in [-0.4, -0.2) is 18.4 Å². The third-order valence-electron chi connectivity index (χ3n) is 2.79. The third-order valence-corrected chi connectivity index (χ3v) is 2.79. The van der Waals surface area contributed by atoms with Gasteiger partial charge in [0, 0.05) is 6.92 Å². The second kappa shape index (κ2) is 7.36. The van der Waals surface area contributed by atoms with E-state index in [2.05, 4.69) is 0 Å². The zero-order valence-corrected chi connectivity index (χ0v) is 11.7. The highest BCUT2D eigenvalue weighted by molar-refractivity contribution is 6.00. The fourth-order valence-corrected chi connectivity index (χ4v) is 1.85. The van der Waals surface area contributed by atoms with Crippen molar-refractivity contribution in [2.24, 2.45) is 0 Å². The van der Waals surface area contributed by atoms with E-state index < -0.39 is 5.97 Å². The highest BCUT2D eigenvalue weighted by atomic mass is 16.5. The van der Waals surface area contributed by atoms with Crippen molar-refractivity contribution < 1.29 is 19.1 Å². The molecule has 0 amide bonds. The molecule has 2 rings (SSSR count). The average Bonchev–Trinajstić information content (AvgIpc) is 2.48. The fourth-order valence-electron chi connectivity index (χ4n) is 1.85. The number of Topliss-reactive ketones (excluding diaryl/α,β-unsaturated/α-hetero) is 1. The summed E-state index contributed by atoms with van der Waals surface area (Å²) < 4.78 is 10.4. The molecule has 2 aromatic rings. The van der Waals surface area contributed by atoms with Crippen LogP contribution in [0.25, 0.3) is 0 Å². The number of hydrogen-bond acceptors (Lipinski definition) is 4. The normalized spacial score (nSPS) is 10.1. The SMILES string of the molecule is CC(=O)Oc1ccccc1C(=O)COCc1ccccc1. The van der Waals surface area contributed by atoms with Crippen LogP contribution in [0.4, 0.5) is 0 Å². The van der Waals surface area contributed by atoms with E-state index in [9.17, 15) is 9.59 Å². The van der Waals surface area contributed by atoms with Gasteiger partial charge in [0.15, 0.2) is 5.78 Å². The standard InChI is InChI=1S/C17H16O4/c1-13(18)21-17-10-6-5-9-15(17)16(19)12-20-11-14-7-3-2-4-8-14/h2-10H,11-12H2,1H3. The first-order valence-electron chi connectivity index (χ1n) is 6.59. The molecule has 0 atom stereocenters. The van der Waals surface area contributed by atoms with Crippen molar-refractivity contribution in [1.29, 1.82) is 0 Å². The Labute approximate surface area is 123 Å². The van der Waals surface area contributed by atoms with Gasteiger partial charge in [-0.05, 0) is 17.7 Å². The number of ketones is 1. The molecule has 0 aliphatic heterocycles. The first-order valence-corrected chi connectivity index (χ1v) is 6.59. The van der Waals surface area contributed by atoms with Crippen molar-refractivity contribution >= 4 is 11.8 Å². The maximum Gasteiger partial charge on any atom is 0.308 e. The second-order valence-corrected chi connectivity index (χ2v) is 4.49. The molecule has 4 heteroatoms. The van der Waals surface area contributed by atoms with Gasteiger partial charge in [0.25, 0.3) is 0 Å². The summed E-state index contributed by atoms with van der Waals surface area (Å²) in [6.45, 7) is 1.60. The maximum absolute atomic E-state index is 12.1. The van der Waals surface area contributed by atoms with Gasteiger partial charge in [0.05, 0.1) is 12.2 Å². The molecular formula is C17H16O4. The van der Waals surface area contributed by atoms with Crippen molar-refractivity contribution in [3.05, 3.63) is 65.7 Å². The Hall–Kier alpha value is -2.46. The number of carbonyl (C=O) groups is 2.